The molecule has 1 N–H and O–H groups in total. The number of nitrogens with one attached hydrogen (secondary N) is 1. The molecule has 3 aromatic rings. The van der Waals surface area contributed by atoms with Gasteiger partial charge in [0.25, 0.3) is 0 Å². The van der Waals surface area contributed by atoms with E-state index in [0.29, 0.717) is 23.4 Å². The van der Waals surface area contributed by atoms with Crippen molar-refractivity contribution in [3.63, 3.8) is 0 Å². The SMILES string of the molecule is CCC(=O)Nc1ccc(-c2nc3c(C)cccn3c2N=O)cc1. The van der Waals surface area contributed by atoms with E-state index >= 15 is 0 Å². The fraction of sp³-hybridized carbons (Fsp3) is 0.176. The van der Waals surface area contributed by atoms with E-state index < -0.39 is 0 Å². The summed E-state index contributed by atoms with van der Waals surface area (Å²) in [5, 5.41) is 5.93. The third-order valence-electron chi connectivity index (χ3n) is 3.67. The monoisotopic (exact) mass is 308 g/mol. The highest BCUT2D eigenvalue weighted by Gasteiger charge is 2.15. The average Bonchev–Trinajstić information content (AvgIpc) is 2.95. The van der Waals surface area contributed by atoms with Gasteiger partial charge in [-0.3, -0.25) is 9.20 Å². The van der Waals surface area contributed by atoms with Crippen LogP contribution in [0.3, 0.4) is 0 Å². The lowest BCUT2D eigenvalue weighted by atomic mass is 10.1. The number of imidazole rings is 1. The van der Waals surface area contributed by atoms with Gasteiger partial charge in [-0.25, -0.2) is 4.98 Å². The number of nitroso groups, excluding NO2 is 1. The van der Waals surface area contributed by atoms with E-state index in [-0.39, 0.29) is 11.7 Å². The predicted octanol–water partition coefficient (Wildman–Crippen LogP) is 4.06. The highest BCUT2D eigenvalue weighted by Crippen LogP contribution is 2.32. The van der Waals surface area contributed by atoms with Crippen LogP contribution in [-0.4, -0.2) is 15.3 Å². The van der Waals surface area contributed by atoms with E-state index in [1.807, 2.05) is 31.2 Å². The number of amides is 1. The van der Waals surface area contributed by atoms with Crippen LogP contribution in [0.4, 0.5) is 11.5 Å². The Kier molecular flexibility index (Phi) is 3.89. The van der Waals surface area contributed by atoms with Crippen LogP contribution in [0, 0.1) is 11.8 Å². The molecule has 0 spiro atoms. The molecule has 6 heteroatoms. The fourth-order valence-corrected chi connectivity index (χ4v) is 2.43. The highest BCUT2D eigenvalue weighted by molar-refractivity contribution is 5.90. The minimum Gasteiger partial charge on any atom is -0.326 e. The quantitative estimate of drug-likeness (QED) is 0.738. The molecule has 2 aromatic heterocycles. The van der Waals surface area contributed by atoms with Gasteiger partial charge in [0.1, 0.15) is 11.3 Å². The second-order valence-electron chi connectivity index (χ2n) is 5.24. The van der Waals surface area contributed by atoms with Gasteiger partial charge in [0.2, 0.25) is 11.7 Å². The Bertz CT molecular complexity index is 881. The summed E-state index contributed by atoms with van der Waals surface area (Å²) in [6.07, 6.45) is 2.19. The molecular weight excluding hydrogens is 292 g/mol. The molecule has 0 aliphatic heterocycles. The van der Waals surface area contributed by atoms with Crippen molar-refractivity contribution in [1.29, 1.82) is 0 Å². The maximum atomic E-state index is 11.4. The zero-order valence-electron chi connectivity index (χ0n) is 12.9. The second-order valence-corrected chi connectivity index (χ2v) is 5.24. The van der Waals surface area contributed by atoms with E-state index in [4.69, 9.17) is 0 Å². The average molecular weight is 308 g/mol. The van der Waals surface area contributed by atoms with Gasteiger partial charge in [0.05, 0.1) is 0 Å². The van der Waals surface area contributed by atoms with Crippen LogP contribution in [0.1, 0.15) is 18.9 Å². The Labute approximate surface area is 133 Å². The standard InChI is InChI=1S/C17H16N4O2/c1-3-14(22)18-13-8-6-12(7-9-13)15-17(20-23)21-10-4-5-11(2)16(21)19-15/h4-10H,3H2,1-2H3,(H,18,22). The Balaban J connectivity index is 2.04. The molecule has 0 fully saturated rings. The van der Waals surface area contributed by atoms with Gasteiger partial charge in [-0.2, -0.15) is 0 Å². The van der Waals surface area contributed by atoms with E-state index in [0.717, 1.165) is 11.1 Å². The third kappa shape index (κ3) is 2.70. The zero-order chi connectivity index (χ0) is 16.4. The number of aryl methyl sites for hydroxylation is 1. The molecule has 2 heterocycles. The summed E-state index contributed by atoms with van der Waals surface area (Å²) in [7, 11) is 0. The van der Waals surface area contributed by atoms with Crippen LogP contribution in [0.25, 0.3) is 16.9 Å². The highest BCUT2D eigenvalue weighted by atomic mass is 16.3. The van der Waals surface area contributed by atoms with E-state index in [9.17, 15) is 9.70 Å². The van der Waals surface area contributed by atoms with E-state index in [2.05, 4.69) is 15.5 Å². The van der Waals surface area contributed by atoms with Crippen LogP contribution < -0.4 is 5.32 Å². The predicted molar refractivity (Wildman–Crippen MR) is 89.7 cm³/mol. The summed E-state index contributed by atoms with van der Waals surface area (Å²) in [5.41, 5.74) is 3.69. The molecule has 6 nitrogen and oxygen atoms in total. The second kappa shape index (κ2) is 6.00. The maximum absolute atomic E-state index is 11.4. The molecular formula is C17H16N4O2. The smallest absolute Gasteiger partial charge is 0.224 e. The summed E-state index contributed by atoms with van der Waals surface area (Å²) in [6, 6.07) is 11.0. The number of anilines is 1. The van der Waals surface area contributed by atoms with Crippen molar-refractivity contribution in [1.82, 2.24) is 9.38 Å². The Morgan fingerprint density at radius 2 is 2.00 bits per heavy atom. The van der Waals surface area contributed by atoms with Crippen LogP contribution in [0.15, 0.2) is 47.8 Å². The van der Waals surface area contributed by atoms with E-state index in [1.54, 1.807) is 29.7 Å². The zero-order valence-corrected chi connectivity index (χ0v) is 12.9. The number of hydrogen-bond acceptors (Lipinski definition) is 4. The summed E-state index contributed by atoms with van der Waals surface area (Å²) < 4.78 is 1.68. The van der Waals surface area contributed by atoms with Crippen LogP contribution in [0.2, 0.25) is 0 Å². The lowest BCUT2D eigenvalue weighted by Gasteiger charge is -2.04. The topological polar surface area (TPSA) is 75.8 Å². The van der Waals surface area contributed by atoms with Gasteiger partial charge in [-0.05, 0) is 35.9 Å². The molecule has 1 aromatic carbocycles. The lowest BCUT2D eigenvalue weighted by Crippen LogP contribution is -2.08. The lowest BCUT2D eigenvalue weighted by molar-refractivity contribution is -0.115. The molecule has 0 saturated carbocycles. The molecule has 0 unspecified atom stereocenters. The van der Waals surface area contributed by atoms with Gasteiger partial charge in [-0.15, -0.1) is 4.91 Å². The number of rotatable bonds is 4. The molecule has 116 valence electrons. The summed E-state index contributed by atoms with van der Waals surface area (Å²) >= 11 is 0. The molecule has 1 amide bonds. The maximum Gasteiger partial charge on any atom is 0.224 e. The van der Waals surface area contributed by atoms with Crippen molar-refractivity contribution in [2.75, 3.05) is 5.32 Å². The number of nitrogens with zero attached hydrogens (tertiary/aromatic N) is 3. The molecule has 0 radical (unpaired) electrons. The molecule has 0 bridgehead atoms. The number of benzene rings is 1. The Morgan fingerprint density at radius 1 is 1.26 bits per heavy atom. The van der Waals surface area contributed by atoms with Gasteiger partial charge in [0.15, 0.2) is 0 Å². The number of carbonyl (C=O) groups is 1. The summed E-state index contributed by atoms with van der Waals surface area (Å²) in [5.74, 6) is 0.227. The number of fused-ring (bicyclic) bond motifs is 1. The van der Waals surface area contributed by atoms with E-state index in [1.165, 1.54) is 0 Å². The van der Waals surface area contributed by atoms with Crippen LogP contribution in [-0.2, 0) is 4.79 Å². The van der Waals surface area contributed by atoms with Gasteiger partial charge in [0, 0.05) is 23.9 Å². The normalized spacial score (nSPS) is 10.7. The first-order valence-corrected chi connectivity index (χ1v) is 7.35. The number of pyridine rings is 1. The first kappa shape index (κ1) is 14.9. The van der Waals surface area contributed by atoms with Gasteiger partial charge < -0.3 is 5.32 Å². The van der Waals surface area contributed by atoms with Crippen molar-refractivity contribution in [3.05, 3.63) is 53.1 Å². The minimum absolute atomic E-state index is 0.0450. The largest absolute Gasteiger partial charge is 0.326 e. The van der Waals surface area contributed by atoms with Crippen molar-refractivity contribution < 1.29 is 4.79 Å². The third-order valence-corrected chi connectivity index (χ3v) is 3.67. The van der Waals surface area contributed by atoms with Crippen molar-refractivity contribution >= 4 is 23.1 Å². The van der Waals surface area contributed by atoms with Crippen LogP contribution >= 0.6 is 0 Å². The fourth-order valence-electron chi connectivity index (χ4n) is 2.43. The number of carbonyl (C=O) groups excluding carboxylic acids is 1. The molecule has 0 aliphatic carbocycles. The Morgan fingerprint density at radius 3 is 2.65 bits per heavy atom. The molecule has 0 saturated heterocycles. The molecule has 0 atom stereocenters. The summed E-state index contributed by atoms with van der Waals surface area (Å²) in [4.78, 5) is 27.2. The van der Waals surface area contributed by atoms with Gasteiger partial charge in [-0.1, -0.05) is 25.1 Å². The number of hydrogen-bond donors (Lipinski definition) is 1. The first-order valence-electron chi connectivity index (χ1n) is 7.35. The minimum atomic E-state index is -0.0450. The summed E-state index contributed by atoms with van der Waals surface area (Å²) in [6.45, 7) is 3.73. The number of aromatic nitrogens is 2. The van der Waals surface area contributed by atoms with Crippen LogP contribution in [0.5, 0.6) is 0 Å². The van der Waals surface area contributed by atoms with Gasteiger partial charge >= 0.3 is 0 Å². The van der Waals surface area contributed by atoms with Crippen molar-refractivity contribution in [2.45, 2.75) is 20.3 Å². The van der Waals surface area contributed by atoms with Crippen molar-refractivity contribution in [2.24, 2.45) is 5.18 Å². The molecule has 3 rings (SSSR count). The first-order chi connectivity index (χ1) is 11.1. The molecule has 23 heavy (non-hydrogen) atoms. The van der Waals surface area contributed by atoms with Crippen molar-refractivity contribution in [3.8, 4) is 11.3 Å². The molecule has 0 aliphatic rings. The Hall–Kier alpha value is -3.02.